The van der Waals surface area contributed by atoms with Crippen LogP contribution in [0.1, 0.15) is 79.2 Å². The number of primary amides is 1. The van der Waals surface area contributed by atoms with E-state index in [4.69, 9.17) is 37.5 Å². The molecule has 8 rings (SSSR count). The highest BCUT2D eigenvalue weighted by Crippen LogP contribution is 2.42. The monoisotopic (exact) mass is 880 g/mol. The molecule has 2 fully saturated rings. The first-order valence-electron chi connectivity index (χ1n) is 21.0. The quantitative estimate of drug-likeness (QED) is 0.0906. The van der Waals surface area contributed by atoms with Gasteiger partial charge in [-0.2, -0.15) is 0 Å². The van der Waals surface area contributed by atoms with Crippen molar-refractivity contribution in [1.29, 1.82) is 0 Å². The molecule has 1 unspecified atom stereocenters. The number of rotatable bonds is 14. The molecule has 2 saturated heterocycles. The van der Waals surface area contributed by atoms with Gasteiger partial charge in [-0.05, 0) is 106 Å². The van der Waals surface area contributed by atoms with Gasteiger partial charge in [0.2, 0.25) is 11.9 Å². The Morgan fingerprint density at radius 3 is 2.49 bits per heavy atom. The number of nitrogens with zero attached hydrogens (tertiary/aromatic N) is 7. The second-order valence-corrected chi connectivity index (χ2v) is 17.9. The first kappa shape index (κ1) is 43.3. The van der Waals surface area contributed by atoms with Crippen molar-refractivity contribution in [2.24, 2.45) is 11.1 Å². The number of nitrogens with one attached hydrogen (secondary N) is 1. The normalized spacial score (nSPS) is 16.5. The molecule has 330 valence electrons. The number of pyridine rings is 1. The first-order valence-corrected chi connectivity index (χ1v) is 21.3. The average molecular weight is 881 g/mol. The molecule has 5 aromatic rings. The predicted molar refractivity (Wildman–Crippen MR) is 235 cm³/mol. The first-order chi connectivity index (χ1) is 30.1. The van der Waals surface area contributed by atoms with Gasteiger partial charge in [-0.3, -0.25) is 23.6 Å². The van der Waals surface area contributed by atoms with Crippen LogP contribution in [0.4, 0.5) is 22.0 Å². The van der Waals surface area contributed by atoms with Crippen molar-refractivity contribution in [3.05, 3.63) is 94.7 Å². The zero-order chi connectivity index (χ0) is 44.6. The number of fused-ring (bicyclic) bond motifs is 2. The Hall–Kier alpha value is -6.33. The summed E-state index contributed by atoms with van der Waals surface area (Å²) in [6, 6.07) is 11.7. The number of amides is 3. The van der Waals surface area contributed by atoms with Crippen molar-refractivity contribution >= 4 is 58.4 Å². The van der Waals surface area contributed by atoms with Gasteiger partial charge in [-0.1, -0.05) is 11.6 Å². The summed E-state index contributed by atoms with van der Waals surface area (Å²) >= 11 is 6.01. The van der Waals surface area contributed by atoms with Gasteiger partial charge in [-0.15, -0.1) is 0 Å². The van der Waals surface area contributed by atoms with Crippen molar-refractivity contribution in [3.63, 3.8) is 0 Å². The highest BCUT2D eigenvalue weighted by Gasteiger charge is 2.45. The van der Waals surface area contributed by atoms with Gasteiger partial charge in [0.25, 0.3) is 11.8 Å². The van der Waals surface area contributed by atoms with E-state index < -0.39 is 35.2 Å². The molecule has 0 bridgehead atoms. The van der Waals surface area contributed by atoms with E-state index in [-0.39, 0.29) is 53.5 Å². The molecule has 3 aliphatic rings. The summed E-state index contributed by atoms with van der Waals surface area (Å²) in [5.74, 6) is -0.834. The summed E-state index contributed by atoms with van der Waals surface area (Å²) in [7, 11) is 0. The Morgan fingerprint density at radius 1 is 1.02 bits per heavy atom. The van der Waals surface area contributed by atoms with Crippen LogP contribution in [0, 0.1) is 11.2 Å². The van der Waals surface area contributed by atoms with E-state index in [0.29, 0.717) is 40.1 Å². The number of likely N-dealkylation sites (tertiary alicyclic amines) is 1. The van der Waals surface area contributed by atoms with E-state index in [0.717, 1.165) is 63.6 Å². The number of carbonyl (C=O) groups is 4. The van der Waals surface area contributed by atoms with Gasteiger partial charge in [0.15, 0.2) is 0 Å². The highest BCUT2D eigenvalue weighted by molar-refractivity contribution is 6.30. The van der Waals surface area contributed by atoms with Crippen molar-refractivity contribution in [2.45, 2.75) is 71.1 Å². The third kappa shape index (κ3) is 9.39. The number of benzene rings is 2. The predicted octanol–water partition coefficient (Wildman–Crippen LogP) is 5.72. The number of aromatic nitrogens is 4. The van der Waals surface area contributed by atoms with Gasteiger partial charge in [-0.25, -0.2) is 19.3 Å². The molecule has 1 spiro atoms. The fourth-order valence-corrected chi connectivity index (χ4v) is 8.92. The molecule has 63 heavy (non-hydrogen) atoms. The number of carbonyl (C=O) groups excluding carboxylic acids is 4. The molecule has 0 radical (unpaired) electrons. The number of ether oxygens (including phenoxy) is 2. The fourth-order valence-electron chi connectivity index (χ4n) is 8.76. The number of piperidine rings is 1. The molecular formula is C45H50ClFN10O6. The third-order valence-corrected chi connectivity index (χ3v) is 12.0. The van der Waals surface area contributed by atoms with Crippen LogP contribution in [0.3, 0.4) is 0 Å². The van der Waals surface area contributed by atoms with Crippen molar-refractivity contribution in [2.75, 3.05) is 55.3 Å². The highest BCUT2D eigenvalue weighted by atomic mass is 35.5. The van der Waals surface area contributed by atoms with Gasteiger partial charge in [0.1, 0.15) is 46.1 Å². The Morgan fingerprint density at radius 2 is 1.78 bits per heavy atom. The zero-order valence-corrected chi connectivity index (χ0v) is 36.2. The summed E-state index contributed by atoms with van der Waals surface area (Å²) in [5, 5.41) is 3.05. The van der Waals surface area contributed by atoms with Gasteiger partial charge >= 0.3 is 5.97 Å². The van der Waals surface area contributed by atoms with E-state index in [2.05, 4.69) is 25.1 Å². The van der Waals surface area contributed by atoms with Crippen LogP contribution in [-0.4, -0.2) is 104 Å². The summed E-state index contributed by atoms with van der Waals surface area (Å²) in [5.41, 5.74) is 14.0. The maximum atomic E-state index is 15.8. The van der Waals surface area contributed by atoms with E-state index in [1.165, 1.54) is 29.3 Å². The minimum Gasteiger partial charge on any atom is -0.494 e. The molecule has 16 nitrogen and oxygen atoms in total. The van der Waals surface area contributed by atoms with Gasteiger partial charge < -0.3 is 41.0 Å². The number of esters is 1. The molecular weight excluding hydrogens is 831 g/mol. The summed E-state index contributed by atoms with van der Waals surface area (Å²) < 4.78 is 29.1. The molecule has 3 amide bonds. The average Bonchev–Trinajstić information content (AvgIpc) is 3.76. The third-order valence-electron chi connectivity index (χ3n) is 11.8. The van der Waals surface area contributed by atoms with E-state index in [9.17, 15) is 19.2 Å². The largest absolute Gasteiger partial charge is 0.494 e. The number of hydrogen-bond donors (Lipinski definition) is 3. The Labute approximate surface area is 368 Å². The van der Waals surface area contributed by atoms with Crippen molar-refractivity contribution in [1.82, 2.24) is 29.2 Å². The number of nitrogens with two attached hydrogens (primary N) is 2. The van der Waals surface area contributed by atoms with Gasteiger partial charge in [0.05, 0.1) is 6.61 Å². The van der Waals surface area contributed by atoms with Crippen LogP contribution in [0.5, 0.6) is 5.75 Å². The Kier molecular flexibility index (Phi) is 12.0. The Balaban J connectivity index is 0.821. The van der Waals surface area contributed by atoms with Crippen LogP contribution in [-0.2, 0) is 20.9 Å². The molecule has 1 atom stereocenters. The number of hydrogen-bond acceptors (Lipinski definition) is 12. The van der Waals surface area contributed by atoms with E-state index in [1.807, 2.05) is 10.5 Å². The summed E-state index contributed by atoms with van der Waals surface area (Å²) in [6.07, 6.45) is 7.63. The second-order valence-electron chi connectivity index (χ2n) is 17.5. The molecule has 3 aromatic heterocycles. The van der Waals surface area contributed by atoms with Crippen LogP contribution >= 0.6 is 11.6 Å². The number of imidazole rings is 1. The number of anilines is 3. The molecule has 3 aliphatic heterocycles. The SMILES string of the molecule is CC(C)(C)OC(=O)CCC(C(N)=O)N1Cc2cc(OCCCN3CC4(CCN(c5nc(-c6ccc(C(=O)Nc7cc(Cl)ccn7)cc6F)c6c(N)nccn56)CC4)C3)ccc2C1=O. The van der Waals surface area contributed by atoms with Crippen molar-refractivity contribution in [3.8, 4) is 17.0 Å². The summed E-state index contributed by atoms with van der Waals surface area (Å²) in [6.45, 7) is 10.4. The maximum Gasteiger partial charge on any atom is 0.306 e. The number of nitrogen functional groups attached to an aromatic ring is 1. The van der Waals surface area contributed by atoms with Crippen LogP contribution in [0.15, 0.2) is 67.1 Å². The molecule has 18 heteroatoms. The smallest absolute Gasteiger partial charge is 0.306 e. The van der Waals surface area contributed by atoms with E-state index in [1.54, 1.807) is 51.4 Å². The Bertz CT molecular complexity index is 2580. The summed E-state index contributed by atoms with van der Waals surface area (Å²) in [4.78, 5) is 70.1. The zero-order valence-electron chi connectivity index (χ0n) is 35.4. The molecule has 6 heterocycles. The molecule has 0 aliphatic carbocycles. The molecule has 2 aromatic carbocycles. The standard InChI is InChI=1S/C45H50ClFN10O6/c1-44(2,3)63-36(58)10-9-34(40(49)59)57-24-28-21-30(6-8-31(28)42(57)61)62-20-4-16-54-25-45(26-54)12-17-55(18-13-45)43-53-37(38-39(48)51-15-19-56(38)43)32-7-5-27(22-33(32)47)41(60)52-35-23-29(46)11-14-50-35/h5-8,11,14-15,19,21-23,34H,4,9-10,12-13,16-18,20,24-26H2,1-3H3,(H2,48,51)(H2,49,59)(H,50,52,60). The molecule has 5 N–H and O–H groups in total. The van der Waals surface area contributed by atoms with Crippen LogP contribution in [0.25, 0.3) is 16.8 Å². The van der Waals surface area contributed by atoms with Gasteiger partial charge in [0, 0.05) is 86.0 Å². The van der Waals surface area contributed by atoms with Crippen LogP contribution in [0.2, 0.25) is 5.02 Å². The second kappa shape index (κ2) is 17.4. The van der Waals surface area contributed by atoms with E-state index >= 15 is 4.39 Å². The lowest BCUT2D eigenvalue weighted by Gasteiger charge is -2.54. The topological polar surface area (TPSA) is 204 Å². The lowest BCUT2D eigenvalue weighted by atomic mass is 9.72. The maximum absolute atomic E-state index is 15.8. The fraction of sp³-hybridized carbons (Fsp3) is 0.400. The van der Waals surface area contributed by atoms with Crippen molar-refractivity contribution < 1.29 is 33.0 Å². The number of halogens is 2. The van der Waals surface area contributed by atoms with Crippen LogP contribution < -0.4 is 26.4 Å². The minimum atomic E-state index is -0.937. The molecule has 0 saturated carbocycles. The lowest BCUT2D eigenvalue weighted by molar-refractivity contribution is -0.155. The minimum absolute atomic E-state index is 0.0370. The lowest BCUT2D eigenvalue weighted by Crippen LogP contribution is -2.60.